The van der Waals surface area contributed by atoms with Crippen molar-refractivity contribution in [3.8, 4) is 0 Å². The molecule has 1 N–H and O–H groups in total. The summed E-state index contributed by atoms with van der Waals surface area (Å²) in [5.74, 6) is 0. The van der Waals surface area contributed by atoms with Gasteiger partial charge in [0, 0.05) is 19.5 Å². The largest absolute Gasteiger partial charge is 0.392 e. The van der Waals surface area contributed by atoms with Gasteiger partial charge < -0.3 is 19.7 Å². The molecule has 0 aromatic carbocycles. The van der Waals surface area contributed by atoms with Crippen molar-refractivity contribution in [2.75, 3.05) is 45.9 Å². The third-order valence-corrected chi connectivity index (χ3v) is 4.69. The van der Waals surface area contributed by atoms with E-state index in [0.29, 0.717) is 11.7 Å². The molecule has 5 nitrogen and oxygen atoms in total. The maximum atomic E-state index is 9.96. The van der Waals surface area contributed by atoms with Crippen molar-refractivity contribution < 1.29 is 9.94 Å². The van der Waals surface area contributed by atoms with Gasteiger partial charge in [-0.2, -0.15) is 0 Å². The van der Waals surface area contributed by atoms with Gasteiger partial charge in [0.25, 0.3) is 0 Å². The molecule has 2 saturated heterocycles. The van der Waals surface area contributed by atoms with Crippen LogP contribution in [-0.4, -0.2) is 72.1 Å². The molecule has 0 amide bonds. The highest BCUT2D eigenvalue weighted by atomic mass is 35.5. The lowest BCUT2D eigenvalue weighted by molar-refractivity contribution is 0.0158. The first-order chi connectivity index (χ1) is 10.7. The second kappa shape index (κ2) is 10.4. The van der Waals surface area contributed by atoms with Gasteiger partial charge in [0.15, 0.2) is 0 Å². The number of nitrogens with zero attached hydrogens (tertiary/aromatic N) is 3. The first-order valence-corrected chi connectivity index (χ1v) is 9.09. The number of β-amino-alcohol motifs (C(OH)–C–C–N with tert-alkyl or cyclic N) is 1. The van der Waals surface area contributed by atoms with E-state index in [2.05, 4.69) is 15.0 Å². The molecular formula is C16H30ClN3O2. The number of aliphatic hydroxyl groups is 1. The van der Waals surface area contributed by atoms with Crippen LogP contribution in [0.3, 0.4) is 0 Å². The Labute approximate surface area is 139 Å². The van der Waals surface area contributed by atoms with E-state index in [0.717, 1.165) is 26.1 Å². The normalized spacial score (nSPS) is 23.5. The first kappa shape index (κ1) is 18.0. The Bertz CT molecular complexity index is 329. The zero-order valence-corrected chi connectivity index (χ0v) is 14.3. The fraction of sp³-hybridized carbons (Fsp3) is 0.938. The summed E-state index contributed by atoms with van der Waals surface area (Å²) < 4.78 is 0. The summed E-state index contributed by atoms with van der Waals surface area (Å²) >= 11 is 6.08. The Kier molecular flexibility index (Phi) is 8.52. The van der Waals surface area contributed by atoms with Crippen LogP contribution in [0.2, 0.25) is 0 Å². The van der Waals surface area contributed by atoms with E-state index in [1.165, 1.54) is 51.6 Å². The molecule has 2 aliphatic heterocycles. The van der Waals surface area contributed by atoms with Crippen molar-refractivity contribution in [3.05, 3.63) is 0 Å². The molecule has 1 unspecified atom stereocenters. The van der Waals surface area contributed by atoms with Crippen LogP contribution in [0.4, 0.5) is 0 Å². The highest BCUT2D eigenvalue weighted by Gasteiger charge is 2.15. The average Bonchev–Trinajstić information content (AvgIpc) is 2.55. The van der Waals surface area contributed by atoms with Gasteiger partial charge in [-0.25, -0.2) is 0 Å². The van der Waals surface area contributed by atoms with Gasteiger partial charge in [0.05, 0.1) is 0 Å². The van der Waals surface area contributed by atoms with Crippen molar-refractivity contribution in [1.29, 1.82) is 0 Å². The summed E-state index contributed by atoms with van der Waals surface area (Å²) in [6, 6.07) is 0. The van der Waals surface area contributed by atoms with Crippen molar-refractivity contribution in [3.63, 3.8) is 0 Å². The van der Waals surface area contributed by atoms with E-state index >= 15 is 0 Å². The number of halogens is 1. The summed E-state index contributed by atoms with van der Waals surface area (Å²) in [5, 5.41) is 14.4. The molecule has 0 radical (unpaired) electrons. The van der Waals surface area contributed by atoms with Gasteiger partial charge in [-0.1, -0.05) is 29.6 Å². The molecule has 2 aliphatic rings. The minimum absolute atomic E-state index is 0.219. The van der Waals surface area contributed by atoms with Crippen LogP contribution >= 0.6 is 11.6 Å². The third kappa shape index (κ3) is 7.27. The minimum Gasteiger partial charge on any atom is -0.392 e. The molecule has 128 valence electrons. The zero-order valence-electron chi connectivity index (χ0n) is 13.6. The fourth-order valence-electron chi connectivity index (χ4n) is 3.17. The molecule has 2 fully saturated rings. The highest BCUT2D eigenvalue weighted by molar-refractivity contribution is 6.65. The Morgan fingerprint density at radius 3 is 2.23 bits per heavy atom. The Balaban J connectivity index is 1.54. The van der Waals surface area contributed by atoms with E-state index < -0.39 is 6.10 Å². The lowest BCUT2D eigenvalue weighted by atomic mass is 10.1. The van der Waals surface area contributed by atoms with Crippen molar-refractivity contribution in [2.24, 2.45) is 5.16 Å². The lowest BCUT2D eigenvalue weighted by Crippen LogP contribution is -2.38. The van der Waals surface area contributed by atoms with Crippen molar-refractivity contribution in [1.82, 2.24) is 9.80 Å². The van der Waals surface area contributed by atoms with E-state index in [1.807, 2.05) is 0 Å². The standard InChI is InChI=1S/C16H30ClN3O2/c17-16(7-12-19-8-3-1-4-9-19)18-22-14-15(21)13-20-10-5-2-6-11-20/h15,21H,1-14H2/b18-16-. The SMILES string of the molecule is OC(CO/N=C(\Cl)CCN1CCCCC1)CN1CCCCC1. The van der Waals surface area contributed by atoms with Crippen LogP contribution in [0, 0.1) is 0 Å². The molecule has 0 aromatic rings. The summed E-state index contributed by atoms with van der Waals surface area (Å²) in [7, 11) is 0. The third-order valence-electron chi connectivity index (χ3n) is 4.43. The molecule has 0 bridgehead atoms. The number of rotatable bonds is 8. The first-order valence-electron chi connectivity index (χ1n) is 8.71. The lowest BCUT2D eigenvalue weighted by Gasteiger charge is -2.28. The van der Waals surface area contributed by atoms with Crippen LogP contribution < -0.4 is 0 Å². The quantitative estimate of drug-likeness (QED) is 0.547. The van der Waals surface area contributed by atoms with Crippen LogP contribution in [0.1, 0.15) is 44.9 Å². The molecular weight excluding hydrogens is 302 g/mol. The van der Waals surface area contributed by atoms with E-state index in [4.69, 9.17) is 16.4 Å². The second-order valence-corrected chi connectivity index (χ2v) is 6.87. The molecule has 1 atom stereocenters. The van der Waals surface area contributed by atoms with Gasteiger partial charge in [0.2, 0.25) is 0 Å². The maximum absolute atomic E-state index is 9.96. The second-order valence-electron chi connectivity index (χ2n) is 6.43. The van der Waals surface area contributed by atoms with Crippen LogP contribution in [0.15, 0.2) is 5.16 Å². The Morgan fingerprint density at radius 1 is 1.00 bits per heavy atom. The summed E-state index contributed by atoms with van der Waals surface area (Å²) in [6.45, 7) is 6.33. The molecule has 22 heavy (non-hydrogen) atoms. The monoisotopic (exact) mass is 331 g/mol. The highest BCUT2D eigenvalue weighted by Crippen LogP contribution is 2.10. The van der Waals surface area contributed by atoms with Crippen LogP contribution in [0.5, 0.6) is 0 Å². The fourth-order valence-corrected chi connectivity index (χ4v) is 3.30. The van der Waals surface area contributed by atoms with Gasteiger partial charge in [-0.05, 0) is 51.9 Å². The number of likely N-dealkylation sites (tertiary alicyclic amines) is 2. The van der Waals surface area contributed by atoms with Gasteiger partial charge in [0.1, 0.15) is 17.9 Å². The molecule has 0 aliphatic carbocycles. The average molecular weight is 332 g/mol. The summed E-state index contributed by atoms with van der Waals surface area (Å²) in [4.78, 5) is 9.91. The van der Waals surface area contributed by atoms with Gasteiger partial charge in [-0.15, -0.1) is 0 Å². The van der Waals surface area contributed by atoms with E-state index in [-0.39, 0.29) is 6.61 Å². The molecule has 2 heterocycles. The Morgan fingerprint density at radius 2 is 1.59 bits per heavy atom. The number of oxime groups is 1. The van der Waals surface area contributed by atoms with Crippen LogP contribution in [-0.2, 0) is 4.84 Å². The van der Waals surface area contributed by atoms with Crippen molar-refractivity contribution in [2.45, 2.75) is 51.0 Å². The predicted molar refractivity (Wildman–Crippen MR) is 90.4 cm³/mol. The molecule has 6 heteroatoms. The summed E-state index contributed by atoms with van der Waals surface area (Å²) in [5.41, 5.74) is 0. The van der Waals surface area contributed by atoms with Crippen LogP contribution in [0.25, 0.3) is 0 Å². The van der Waals surface area contributed by atoms with E-state index in [9.17, 15) is 5.11 Å². The topological polar surface area (TPSA) is 48.3 Å². The van der Waals surface area contributed by atoms with Crippen molar-refractivity contribution >= 4 is 16.8 Å². The Hall–Kier alpha value is -0.360. The maximum Gasteiger partial charge on any atom is 0.146 e. The van der Waals surface area contributed by atoms with E-state index in [1.54, 1.807) is 0 Å². The van der Waals surface area contributed by atoms with Gasteiger partial charge >= 0.3 is 0 Å². The molecule has 0 aromatic heterocycles. The minimum atomic E-state index is -0.492. The summed E-state index contributed by atoms with van der Waals surface area (Å²) in [6.07, 6.45) is 7.91. The number of piperidine rings is 2. The predicted octanol–water partition coefficient (Wildman–Crippen LogP) is 2.28. The molecule has 2 rings (SSSR count). The molecule has 0 spiro atoms. The number of aliphatic hydroxyl groups excluding tert-OH is 1. The molecule has 0 saturated carbocycles. The van der Waals surface area contributed by atoms with Gasteiger partial charge in [-0.3, -0.25) is 0 Å². The number of hydrogen-bond donors (Lipinski definition) is 1. The number of hydrogen-bond acceptors (Lipinski definition) is 5. The smallest absolute Gasteiger partial charge is 0.146 e. The zero-order chi connectivity index (χ0) is 15.6.